The number of thioether (sulfide) groups is 1. The van der Waals surface area contributed by atoms with Crippen molar-refractivity contribution in [2.45, 2.75) is 25.3 Å². The second-order valence-corrected chi connectivity index (χ2v) is 6.31. The third kappa shape index (κ3) is 4.02. The molecule has 0 radical (unpaired) electrons. The van der Waals surface area contributed by atoms with Crippen LogP contribution in [-0.2, 0) is 13.1 Å². The molecule has 17 heavy (non-hydrogen) atoms. The first-order valence-electron chi connectivity index (χ1n) is 6.34. The topological polar surface area (TPSA) is 15.3 Å². The fourth-order valence-corrected chi connectivity index (χ4v) is 3.34. The third-order valence-corrected chi connectivity index (χ3v) is 4.27. The number of nitrogens with one attached hydrogen (secondary N) is 1. The molecule has 3 heteroatoms. The van der Waals surface area contributed by atoms with Gasteiger partial charge in [-0.2, -0.15) is 11.8 Å². The Hall–Kier alpha value is -0.510. The van der Waals surface area contributed by atoms with Crippen molar-refractivity contribution in [1.82, 2.24) is 10.2 Å². The second kappa shape index (κ2) is 6.43. The number of hydrogen-bond acceptors (Lipinski definition) is 3. The fraction of sp³-hybridized carbons (Fsp3) is 0.571. The van der Waals surface area contributed by atoms with Crippen molar-refractivity contribution < 1.29 is 0 Å². The Kier molecular flexibility index (Phi) is 4.89. The molecule has 1 aromatic rings. The van der Waals surface area contributed by atoms with E-state index >= 15 is 0 Å². The van der Waals surface area contributed by atoms with E-state index in [0.717, 1.165) is 18.3 Å². The van der Waals surface area contributed by atoms with Crippen LogP contribution in [0.2, 0.25) is 0 Å². The van der Waals surface area contributed by atoms with Crippen LogP contribution in [0.3, 0.4) is 0 Å². The van der Waals surface area contributed by atoms with Gasteiger partial charge in [0.15, 0.2) is 0 Å². The van der Waals surface area contributed by atoms with Gasteiger partial charge in [-0.1, -0.05) is 31.2 Å². The van der Waals surface area contributed by atoms with Gasteiger partial charge in [0.2, 0.25) is 0 Å². The number of hydrogen-bond donors (Lipinski definition) is 1. The first-order valence-corrected chi connectivity index (χ1v) is 7.39. The van der Waals surface area contributed by atoms with E-state index in [4.69, 9.17) is 0 Å². The molecule has 0 bridgehead atoms. The second-order valence-electron chi connectivity index (χ2n) is 4.76. The fourth-order valence-electron chi connectivity index (χ4n) is 2.26. The van der Waals surface area contributed by atoms with E-state index in [0.29, 0.717) is 0 Å². The molecule has 0 amide bonds. The summed E-state index contributed by atoms with van der Waals surface area (Å²) >= 11 is 2.09. The van der Waals surface area contributed by atoms with E-state index in [2.05, 4.69) is 53.2 Å². The summed E-state index contributed by atoms with van der Waals surface area (Å²) in [6.07, 6.45) is 0. The van der Waals surface area contributed by atoms with Crippen LogP contribution in [-0.4, -0.2) is 36.0 Å². The zero-order chi connectivity index (χ0) is 12.1. The largest absolute Gasteiger partial charge is 0.316 e. The quantitative estimate of drug-likeness (QED) is 0.883. The van der Waals surface area contributed by atoms with Crippen LogP contribution < -0.4 is 5.32 Å². The zero-order valence-electron chi connectivity index (χ0n) is 10.8. The van der Waals surface area contributed by atoms with E-state index in [1.807, 2.05) is 7.05 Å². The SMILES string of the molecule is CNCc1ccc(CN2CCSC(C)C2)cc1. The standard InChI is InChI=1S/C14H22N2S/c1-12-10-16(7-8-17-12)11-14-5-3-13(4-6-14)9-15-2/h3-6,12,15H,7-11H2,1-2H3. The van der Waals surface area contributed by atoms with Crippen LogP contribution >= 0.6 is 11.8 Å². The lowest BCUT2D eigenvalue weighted by Gasteiger charge is -2.30. The maximum Gasteiger partial charge on any atom is 0.0234 e. The lowest BCUT2D eigenvalue weighted by atomic mass is 10.1. The molecule has 1 saturated heterocycles. The summed E-state index contributed by atoms with van der Waals surface area (Å²) in [4.78, 5) is 2.56. The van der Waals surface area contributed by atoms with Gasteiger partial charge < -0.3 is 5.32 Å². The molecule has 2 rings (SSSR count). The molecule has 0 saturated carbocycles. The molecule has 1 aliphatic rings. The van der Waals surface area contributed by atoms with Gasteiger partial charge in [-0.3, -0.25) is 4.90 Å². The van der Waals surface area contributed by atoms with Crippen LogP contribution in [0.25, 0.3) is 0 Å². The molecule has 94 valence electrons. The average Bonchev–Trinajstić information content (AvgIpc) is 2.32. The summed E-state index contributed by atoms with van der Waals surface area (Å²) < 4.78 is 0. The first-order chi connectivity index (χ1) is 8.28. The highest BCUT2D eigenvalue weighted by molar-refractivity contribution is 7.99. The molecule has 0 aliphatic carbocycles. The molecule has 1 fully saturated rings. The highest BCUT2D eigenvalue weighted by Crippen LogP contribution is 2.19. The number of benzene rings is 1. The molecule has 2 nitrogen and oxygen atoms in total. The minimum Gasteiger partial charge on any atom is -0.316 e. The lowest BCUT2D eigenvalue weighted by Crippen LogP contribution is -2.35. The summed E-state index contributed by atoms with van der Waals surface area (Å²) in [5.41, 5.74) is 2.79. The maximum absolute atomic E-state index is 3.18. The van der Waals surface area contributed by atoms with Crippen LogP contribution in [0.15, 0.2) is 24.3 Å². The molecular formula is C14H22N2S. The Labute approximate surface area is 109 Å². The van der Waals surface area contributed by atoms with Crippen LogP contribution in [0.5, 0.6) is 0 Å². The summed E-state index contributed by atoms with van der Waals surface area (Å²) in [7, 11) is 1.99. The smallest absolute Gasteiger partial charge is 0.0234 e. The molecule has 1 atom stereocenters. The van der Waals surface area contributed by atoms with Gasteiger partial charge in [-0.05, 0) is 18.2 Å². The minimum absolute atomic E-state index is 0.785. The maximum atomic E-state index is 3.18. The van der Waals surface area contributed by atoms with Gasteiger partial charge in [-0.15, -0.1) is 0 Å². The van der Waals surface area contributed by atoms with Gasteiger partial charge in [0.1, 0.15) is 0 Å². The minimum atomic E-state index is 0.785. The van der Waals surface area contributed by atoms with Crippen molar-refractivity contribution in [3.8, 4) is 0 Å². The van der Waals surface area contributed by atoms with E-state index in [-0.39, 0.29) is 0 Å². The molecule has 1 N–H and O–H groups in total. The van der Waals surface area contributed by atoms with Gasteiger partial charge in [-0.25, -0.2) is 0 Å². The van der Waals surface area contributed by atoms with Crippen molar-refractivity contribution in [3.63, 3.8) is 0 Å². The Morgan fingerprint density at radius 3 is 2.65 bits per heavy atom. The van der Waals surface area contributed by atoms with E-state index in [9.17, 15) is 0 Å². The van der Waals surface area contributed by atoms with E-state index in [1.165, 1.54) is 30.0 Å². The average molecular weight is 250 g/mol. The predicted molar refractivity (Wildman–Crippen MR) is 76.4 cm³/mol. The summed E-state index contributed by atoms with van der Waals surface area (Å²) in [6, 6.07) is 8.99. The summed E-state index contributed by atoms with van der Waals surface area (Å²) in [5, 5.41) is 3.96. The zero-order valence-corrected chi connectivity index (χ0v) is 11.6. The Morgan fingerprint density at radius 2 is 2.00 bits per heavy atom. The number of rotatable bonds is 4. The van der Waals surface area contributed by atoms with Gasteiger partial charge in [0.05, 0.1) is 0 Å². The van der Waals surface area contributed by atoms with Crippen molar-refractivity contribution in [1.29, 1.82) is 0 Å². The number of nitrogens with zero attached hydrogens (tertiary/aromatic N) is 1. The molecule has 1 aromatic carbocycles. The Bertz CT molecular complexity index is 337. The van der Waals surface area contributed by atoms with Crippen molar-refractivity contribution in [2.24, 2.45) is 0 Å². The van der Waals surface area contributed by atoms with Crippen LogP contribution in [0.1, 0.15) is 18.1 Å². The normalized spacial score (nSPS) is 21.6. The van der Waals surface area contributed by atoms with Gasteiger partial charge in [0.25, 0.3) is 0 Å². The highest BCUT2D eigenvalue weighted by atomic mass is 32.2. The lowest BCUT2D eigenvalue weighted by molar-refractivity contribution is 0.278. The van der Waals surface area contributed by atoms with Crippen LogP contribution in [0.4, 0.5) is 0 Å². The van der Waals surface area contributed by atoms with E-state index in [1.54, 1.807) is 0 Å². The van der Waals surface area contributed by atoms with Crippen molar-refractivity contribution in [3.05, 3.63) is 35.4 Å². The van der Waals surface area contributed by atoms with Crippen molar-refractivity contribution in [2.75, 3.05) is 25.9 Å². The highest BCUT2D eigenvalue weighted by Gasteiger charge is 2.16. The Morgan fingerprint density at radius 1 is 1.29 bits per heavy atom. The van der Waals surface area contributed by atoms with Crippen LogP contribution in [0, 0.1) is 0 Å². The first kappa shape index (κ1) is 12.9. The van der Waals surface area contributed by atoms with E-state index < -0.39 is 0 Å². The molecule has 0 spiro atoms. The molecule has 1 aliphatic heterocycles. The molecule has 1 unspecified atom stereocenters. The molecule has 0 aromatic heterocycles. The van der Waals surface area contributed by atoms with Crippen molar-refractivity contribution >= 4 is 11.8 Å². The molecule has 1 heterocycles. The van der Waals surface area contributed by atoms with Gasteiger partial charge in [0, 0.05) is 37.2 Å². The van der Waals surface area contributed by atoms with Gasteiger partial charge >= 0.3 is 0 Å². The molecular weight excluding hydrogens is 228 g/mol. The third-order valence-electron chi connectivity index (χ3n) is 3.14. The summed E-state index contributed by atoms with van der Waals surface area (Å²) in [6.45, 7) is 6.84. The monoisotopic (exact) mass is 250 g/mol. The predicted octanol–water partition coefficient (Wildman–Crippen LogP) is 2.34. The summed E-state index contributed by atoms with van der Waals surface area (Å²) in [5.74, 6) is 1.28. The Balaban J connectivity index is 1.89.